The van der Waals surface area contributed by atoms with Crippen LogP contribution in [0.2, 0.25) is 0 Å². The average molecular weight is 308 g/mol. The van der Waals surface area contributed by atoms with Crippen LogP contribution in [-0.4, -0.2) is 32.0 Å². The molecular formula is C7H5ClF3NO5S. The number of hydrogen-bond donors (Lipinski definition) is 1. The third-order valence-corrected chi connectivity index (χ3v) is 2.76. The van der Waals surface area contributed by atoms with Gasteiger partial charge in [-0.3, -0.25) is 0 Å². The van der Waals surface area contributed by atoms with Gasteiger partial charge in [0.15, 0.2) is 11.5 Å². The minimum absolute atomic E-state index is 0.564. The van der Waals surface area contributed by atoms with Crippen LogP contribution in [0.15, 0.2) is 11.1 Å². The van der Waals surface area contributed by atoms with Crippen LogP contribution in [0.25, 0.3) is 0 Å². The summed E-state index contributed by atoms with van der Waals surface area (Å²) >= 11 is 0. The van der Waals surface area contributed by atoms with Gasteiger partial charge in [0.2, 0.25) is 10.9 Å². The highest BCUT2D eigenvalue weighted by Crippen LogP contribution is 2.37. The van der Waals surface area contributed by atoms with E-state index in [9.17, 15) is 26.7 Å². The van der Waals surface area contributed by atoms with Crippen LogP contribution in [0.5, 0.6) is 17.4 Å². The normalized spacial score (nSPS) is 12.3. The molecule has 0 aliphatic rings. The summed E-state index contributed by atoms with van der Waals surface area (Å²) in [5.74, 6) is -2.72. The van der Waals surface area contributed by atoms with Gasteiger partial charge in [0.1, 0.15) is 0 Å². The van der Waals surface area contributed by atoms with Gasteiger partial charge < -0.3 is 14.6 Å². The topological polar surface area (TPSA) is 85.7 Å². The van der Waals surface area contributed by atoms with Gasteiger partial charge >= 0.3 is 6.36 Å². The van der Waals surface area contributed by atoms with Gasteiger partial charge in [0, 0.05) is 16.7 Å². The third-order valence-electron chi connectivity index (χ3n) is 1.57. The Balaban J connectivity index is 3.41. The first-order valence-electron chi connectivity index (χ1n) is 4.03. The molecule has 1 aromatic heterocycles. The van der Waals surface area contributed by atoms with Gasteiger partial charge in [-0.2, -0.15) is 4.98 Å². The Morgan fingerprint density at radius 2 is 2.00 bits per heavy atom. The Labute approximate surface area is 103 Å². The standard InChI is InChI=1S/C7H5ClF3NO5S/c1-16-3-2-4(17-7(9,10)11)12-6(5(3)13)18(8,14)15/h2,13H,1H3. The van der Waals surface area contributed by atoms with Crippen LogP contribution in [0.1, 0.15) is 0 Å². The van der Waals surface area contributed by atoms with Gasteiger partial charge in [0.25, 0.3) is 9.05 Å². The second kappa shape index (κ2) is 4.69. The van der Waals surface area contributed by atoms with E-state index in [1.54, 1.807) is 0 Å². The highest BCUT2D eigenvalue weighted by atomic mass is 35.7. The number of hydrogen-bond acceptors (Lipinski definition) is 6. The molecule has 0 spiro atoms. The maximum atomic E-state index is 12.0. The molecule has 0 aromatic carbocycles. The molecule has 0 aliphatic heterocycles. The number of aromatic nitrogens is 1. The summed E-state index contributed by atoms with van der Waals surface area (Å²) in [5.41, 5.74) is 0. The van der Waals surface area contributed by atoms with Gasteiger partial charge in [-0.1, -0.05) is 0 Å². The summed E-state index contributed by atoms with van der Waals surface area (Å²) < 4.78 is 65.7. The first-order valence-corrected chi connectivity index (χ1v) is 6.34. The molecule has 1 N–H and O–H groups in total. The first-order chi connectivity index (χ1) is 8.04. The smallest absolute Gasteiger partial charge is 0.502 e. The molecule has 0 amide bonds. The van der Waals surface area contributed by atoms with Crippen molar-refractivity contribution in [2.24, 2.45) is 0 Å². The molecule has 1 aromatic rings. The summed E-state index contributed by atoms with van der Waals surface area (Å²) in [6.45, 7) is 0. The number of pyridine rings is 1. The van der Waals surface area contributed by atoms with Crippen molar-refractivity contribution in [3.63, 3.8) is 0 Å². The maximum absolute atomic E-state index is 12.0. The fourth-order valence-corrected chi connectivity index (χ4v) is 1.82. The molecule has 0 aliphatic carbocycles. The number of methoxy groups -OCH3 is 1. The third kappa shape index (κ3) is 3.53. The monoisotopic (exact) mass is 307 g/mol. The van der Waals surface area contributed by atoms with E-state index in [0.29, 0.717) is 6.07 Å². The van der Waals surface area contributed by atoms with E-state index in [0.717, 1.165) is 7.11 Å². The van der Waals surface area contributed by atoms with Crippen molar-refractivity contribution in [1.82, 2.24) is 4.98 Å². The Bertz CT molecular complexity index is 559. The molecule has 1 heterocycles. The molecular weight excluding hydrogens is 303 g/mol. The molecule has 18 heavy (non-hydrogen) atoms. The summed E-state index contributed by atoms with van der Waals surface area (Å²) in [6.07, 6.45) is -5.08. The maximum Gasteiger partial charge on any atom is 0.574 e. The molecule has 0 atom stereocenters. The second-order valence-corrected chi connectivity index (χ2v) is 5.28. The average Bonchev–Trinajstić information content (AvgIpc) is 2.16. The predicted molar refractivity (Wildman–Crippen MR) is 52.2 cm³/mol. The Morgan fingerprint density at radius 1 is 1.44 bits per heavy atom. The highest BCUT2D eigenvalue weighted by molar-refractivity contribution is 8.13. The van der Waals surface area contributed by atoms with Crippen molar-refractivity contribution in [1.29, 1.82) is 0 Å². The molecule has 6 nitrogen and oxygen atoms in total. The van der Waals surface area contributed by atoms with Gasteiger partial charge in [-0.25, -0.2) is 8.42 Å². The van der Waals surface area contributed by atoms with E-state index in [2.05, 4.69) is 14.5 Å². The largest absolute Gasteiger partial charge is 0.574 e. The van der Waals surface area contributed by atoms with Crippen LogP contribution < -0.4 is 9.47 Å². The van der Waals surface area contributed by atoms with E-state index in [4.69, 9.17) is 10.7 Å². The van der Waals surface area contributed by atoms with E-state index in [-0.39, 0.29) is 0 Å². The lowest BCUT2D eigenvalue weighted by molar-refractivity contribution is -0.276. The van der Waals surface area contributed by atoms with Crippen LogP contribution in [-0.2, 0) is 9.05 Å². The zero-order chi connectivity index (χ0) is 14.1. The molecule has 102 valence electrons. The molecule has 0 unspecified atom stereocenters. The molecule has 0 saturated carbocycles. The molecule has 0 bridgehead atoms. The Kier molecular flexibility index (Phi) is 3.81. The quantitative estimate of drug-likeness (QED) is 0.854. The first kappa shape index (κ1) is 14.6. The van der Waals surface area contributed by atoms with E-state index in [1.165, 1.54) is 0 Å². The lowest BCUT2D eigenvalue weighted by atomic mass is 10.4. The zero-order valence-electron chi connectivity index (χ0n) is 8.52. The molecule has 0 radical (unpaired) electrons. The molecule has 0 saturated heterocycles. The van der Waals surface area contributed by atoms with Crippen molar-refractivity contribution in [3.8, 4) is 17.4 Å². The van der Waals surface area contributed by atoms with E-state index < -0.39 is 37.8 Å². The van der Waals surface area contributed by atoms with Crippen molar-refractivity contribution in [3.05, 3.63) is 6.07 Å². The van der Waals surface area contributed by atoms with Crippen LogP contribution in [0.3, 0.4) is 0 Å². The summed E-state index contributed by atoms with van der Waals surface area (Å²) in [4.78, 5) is 2.95. The highest BCUT2D eigenvalue weighted by Gasteiger charge is 2.33. The number of aromatic hydroxyl groups is 1. The zero-order valence-corrected chi connectivity index (χ0v) is 10.1. The van der Waals surface area contributed by atoms with Crippen LogP contribution in [0, 0.1) is 0 Å². The predicted octanol–water partition coefficient (Wildman–Crippen LogP) is 1.62. The fourth-order valence-electron chi connectivity index (χ4n) is 0.968. The van der Waals surface area contributed by atoms with Crippen molar-refractivity contribution >= 4 is 19.7 Å². The SMILES string of the molecule is COc1cc(OC(F)(F)F)nc(S(=O)(=O)Cl)c1O. The van der Waals surface area contributed by atoms with Crippen LogP contribution in [0.4, 0.5) is 13.2 Å². The second-order valence-electron chi connectivity index (χ2n) is 2.80. The van der Waals surface area contributed by atoms with Crippen molar-refractivity contribution in [2.75, 3.05) is 7.11 Å². The number of halogens is 4. The van der Waals surface area contributed by atoms with Gasteiger partial charge in [0.05, 0.1) is 7.11 Å². The number of nitrogens with zero attached hydrogens (tertiary/aromatic N) is 1. The van der Waals surface area contributed by atoms with E-state index in [1.807, 2.05) is 0 Å². The lowest BCUT2D eigenvalue weighted by Gasteiger charge is -2.11. The Hall–Kier alpha value is -1.42. The Morgan fingerprint density at radius 3 is 2.39 bits per heavy atom. The molecule has 0 fully saturated rings. The van der Waals surface area contributed by atoms with Crippen LogP contribution >= 0.6 is 10.7 Å². The number of rotatable bonds is 3. The molecule has 1 rings (SSSR count). The van der Waals surface area contributed by atoms with Crippen molar-refractivity contribution < 1.29 is 36.2 Å². The van der Waals surface area contributed by atoms with Gasteiger partial charge in [-0.15, -0.1) is 13.2 Å². The minimum atomic E-state index is -5.08. The number of alkyl halides is 3. The van der Waals surface area contributed by atoms with Gasteiger partial charge in [-0.05, 0) is 0 Å². The van der Waals surface area contributed by atoms with Crippen molar-refractivity contribution in [2.45, 2.75) is 11.4 Å². The molecule has 11 heteroatoms. The lowest BCUT2D eigenvalue weighted by Crippen LogP contribution is -2.18. The van der Waals surface area contributed by atoms with E-state index >= 15 is 0 Å². The summed E-state index contributed by atoms with van der Waals surface area (Å²) in [6, 6.07) is 0.564. The summed E-state index contributed by atoms with van der Waals surface area (Å²) in [7, 11) is 1.33. The minimum Gasteiger partial charge on any atom is -0.502 e. The summed E-state index contributed by atoms with van der Waals surface area (Å²) in [5, 5.41) is 8.17. The number of ether oxygens (including phenoxy) is 2. The fraction of sp³-hybridized carbons (Fsp3) is 0.286.